The van der Waals surface area contributed by atoms with Crippen molar-refractivity contribution in [1.82, 2.24) is 10.2 Å². The Morgan fingerprint density at radius 2 is 1.50 bits per heavy atom. The monoisotopic (exact) mass is 316 g/mol. The zero-order valence-corrected chi connectivity index (χ0v) is 12.8. The van der Waals surface area contributed by atoms with Gasteiger partial charge in [-0.2, -0.15) is 0 Å². The number of rotatable bonds is 4. The van der Waals surface area contributed by atoms with Crippen molar-refractivity contribution in [2.75, 3.05) is 14.2 Å². The summed E-state index contributed by atoms with van der Waals surface area (Å²) in [5.41, 5.74) is 1.48. The van der Waals surface area contributed by atoms with Crippen LogP contribution in [0.1, 0.15) is 0 Å². The fourth-order valence-corrected chi connectivity index (χ4v) is 2.20. The summed E-state index contributed by atoms with van der Waals surface area (Å²) in [5, 5.41) is 8.74. The summed E-state index contributed by atoms with van der Waals surface area (Å²) in [6.45, 7) is 0. The quantitative estimate of drug-likeness (QED) is 0.726. The third-order valence-electron chi connectivity index (χ3n) is 3.09. The first kappa shape index (κ1) is 14.4. The number of hydrogen-bond acceptors (Lipinski definition) is 5. The van der Waals surface area contributed by atoms with Crippen molar-refractivity contribution in [3.63, 3.8) is 0 Å². The predicted molar refractivity (Wildman–Crippen MR) is 83.3 cm³/mol. The van der Waals surface area contributed by atoms with Crippen molar-refractivity contribution in [2.24, 2.45) is 0 Å². The topological polar surface area (TPSA) is 57.4 Å². The number of benzene rings is 2. The molecule has 0 bridgehead atoms. The molecule has 2 aromatic carbocycles. The molecule has 1 heterocycles. The molecule has 0 aliphatic carbocycles. The maximum absolute atomic E-state index is 5.97. The minimum atomic E-state index is 0.382. The summed E-state index contributed by atoms with van der Waals surface area (Å²) >= 11 is 5.97. The highest BCUT2D eigenvalue weighted by atomic mass is 35.5. The standard InChI is InChI=1S/C16H13ClN2O3/c1-20-13-7-11(8-14(9-13)21-2)16-19-18-15(22-16)10-4-3-5-12(17)6-10/h3-9H,1-2H3. The van der Waals surface area contributed by atoms with E-state index in [1.54, 1.807) is 44.6 Å². The third-order valence-corrected chi connectivity index (χ3v) is 3.33. The van der Waals surface area contributed by atoms with E-state index in [1.807, 2.05) is 12.1 Å². The van der Waals surface area contributed by atoms with Crippen LogP contribution in [0.4, 0.5) is 0 Å². The molecule has 0 radical (unpaired) electrons. The molecule has 0 aliphatic heterocycles. The fraction of sp³-hybridized carbons (Fsp3) is 0.125. The number of nitrogens with zero attached hydrogens (tertiary/aromatic N) is 2. The summed E-state index contributed by atoms with van der Waals surface area (Å²) in [6.07, 6.45) is 0. The molecule has 0 amide bonds. The van der Waals surface area contributed by atoms with Gasteiger partial charge in [-0.1, -0.05) is 17.7 Å². The van der Waals surface area contributed by atoms with E-state index in [-0.39, 0.29) is 0 Å². The number of halogens is 1. The molecule has 0 atom stereocenters. The summed E-state index contributed by atoms with van der Waals surface area (Å²) in [4.78, 5) is 0. The Morgan fingerprint density at radius 1 is 0.864 bits per heavy atom. The van der Waals surface area contributed by atoms with Crippen molar-refractivity contribution in [1.29, 1.82) is 0 Å². The highest BCUT2D eigenvalue weighted by Crippen LogP contribution is 2.31. The van der Waals surface area contributed by atoms with Crippen LogP contribution in [0.5, 0.6) is 11.5 Å². The highest BCUT2D eigenvalue weighted by molar-refractivity contribution is 6.30. The number of ether oxygens (including phenoxy) is 2. The van der Waals surface area contributed by atoms with Crippen molar-refractivity contribution >= 4 is 11.6 Å². The van der Waals surface area contributed by atoms with Crippen LogP contribution in [0.3, 0.4) is 0 Å². The van der Waals surface area contributed by atoms with E-state index < -0.39 is 0 Å². The third kappa shape index (κ3) is 2.89. The molecule has 0 aliphatic rings. The minimum absolute atomic E-state index is 0.382. The summed E-state index contributed by atoms with van der Waals surface area (Å²) in [7, 11) is 3.17. The minimum Gasteiger partial charge on any atom is -0.497 e. The SMILES string of the molecule is COc1cc(OC)cc(-c2nnc(-c3cccc(Cl)c3)o2)c1. The lowest BCUT2D eigenvalue weighted by Crippen LogP contribution is -1.88. The number of methoxy groups -OCH3 is 2. The van der Waals surface area contributed by atoms with Crippen molar-refractivity contribution < 1.29 is 13.9 Å². The van der Waals surface area contributed by atoms with Gasteiger partial charge in [-0.05, 0) is 30.3 Å². The molecule has 0 unspecified atom stereocenters. The van der Waals surface area contributed by atoms with E-state index in [4.69, 9.17) is 25.5 Å². The van der Waals surface area contributed by atoms with Gasteiger partial charge in [0.1, 0.15) is 11.5 Å². The zero-order chi connectivity index (χ0) is 15.5. The first-order valence-corrected chi connectivity index (χ1v) is 6.90. The van der Waals surface area contributed by atoms with Gasteiger partial charge >= 0.3 is 0 Å². The van der Waals surface area contributed by atoms with Gasteiger partial charge in [0.05, 0.1) is 14.2 Å². The second-order valence-electron chi connectivity index (χ2n) is 4.52. The van der Waals surface area contributed by atoms with Gasteiger partial charge in [0.25, 0.3) is 0 Å². The Kier molecular flexibility index (Phi) is 3.98. The molecule has 0 spiro atoms. The lowest BCUT2D eigenvalue weighted by molar-refractivity contribution is 0.394. The van der Waals surface area contributed by atoms with E-state index in [2.05, 4.69) is 10.2 Å². The van der Waals surface area contributed by atoms with Crippen molar-refractivity contribution in [3.8, 4) is 34.4 Å². The Balaban J connectivity index is 2.00. The lowest BCUT2D eigenvalue weighted by atomic mass is 10.2. The molecule has 0 fully saturated rings. The fourth-order valence-electron chi connectivity index (χ4n) is 2.01. The van der Waals surface area contributed by atoms with Crippen molar-refractivity contribution in [3.05, 3.63) is 47.5 Å². The molecule has 22 heavy (non-hydrogen) atoms. The van der Waals surface area contributed by atoms with Gasteiger partial charge in [-0.25, -0.2) is 0 Å². The van der Waals surface area contributed by atoms with Gasteiger partial charge < -0.3 is 13.9 Å². The number of aromatic nitrogens is 2. The maximum atomic E-state index is 5.97. The molecule has 3 aromatic rings. The molecular formula is C16H13ClN2O3. The summed E-state index contributed by atoms with van der Waals surface area (Å²) in [6, 6.07) is 12.6. The van der Waals surface area contributed by atoms with Crippen molar-refractivity contribution in [2.45, 2.75) is 0 Å². The van der Waals surface area contributed by atoms with Crippen LogP contribution in [0, 0.1) is 0 Å². The molecular weight excluding hydrogens is 304 g/mol. The Labute approximate surface area is 132 Å². The van der Waals surface area contributed by atoms with Gasteiger partial charge in [-0.3, -0.25) is 0 Å². The normalized spacial score (nSPS) is 10.5. The van der Waals surface area contributed by atoms with Gasteiger partial charge in [-0.15, -0.1) is 10.2 Å². The van der Waals surface area contributed by atoms with E-state index in [9.17, 15) is 0 Å². The molecule has 0 saturated heterocycles. The van der Waals surface area contributed by atoms with Crippen LogP contribution in [0.15, 0.2) is 46.9 Å². The van der Waals surface area contributed by atoms with Crippen LogP contribution < -0.4 is 9.47 Å². The summed E-state index contributed by atoms with van der Waals surface area (Å²) in [5.74, 6) is 2.08. The van der Waals surface area contributed by atoms with E-state index in [0.717, 1.165) is 11.1 Å². The van der Waals surface area contributed by atoms with Gasteiger partial charge in [0, 0.05) is 22.2 Å². The average molecular weight is 317 g/mol. The Hall–Kier alpha value is -2.53. The number of hydrogen-bond donors (Lipinski definition) is 0. The molecule has 5 nitrogen and oxygen atoms in total. The molecule has 0 saturated carbocycles. The second-order valence-corrected chi connectivity index (χ2v) is 4.96. The van der Waals surface area contributed by atoms with E-state index >= 15 is 0 Å². The predicted octanol–water partition coefficient (Wildman–Crippen LogP) is 4.07. The average Bonchev–Trinajstić information content (AvgIpc) is 3.04. The highest BCUT2D eigenvalue weighted by Gasteiger charge is 2.13. The summed E-state index contributed by atoms with van der Waals surface area (Å²) < 4.78 is 16.2. The second kappa shape index (κ2) is 6.07. The molecule has 1 aromatic heterocycles. The van der Waals surface area contributed by atoms with Gasteiger partial charge in [0.2, 0.25) is 11.8 Å². The van der Waals surface area contributed by atoms with E-state index in [1.165, 1.54) is 0 Å². The first-order chi connectivity index (χ1) is 10.7. The van der Waals surface area contributed by atoms with Crippen LogP contribution in [-0.4, -0.2) is 24.4 Å². The lowest BCUT2D eigenvalue weighted by Gasteiger charge is -2.05. The molecule has 6 heteroatoms. The van der Waals surface area contributed by atoms with Crippen LogP contribution in [0.25, 0.3) is 22.9 Å². The Bertz CT molecular complexity index is 779. The van der Waals surface area contributed by atoms with Gasteiger partial charge in [0.15, 0.2) is 0 Å². The molecule has 3 rings (SSSR count). The molecule has 112 valence electrons. The largest absolute Gasteiger partial charge is 0.497 e. The molecule has 0 N–H and O–H groups in total. The van der Waals surface area contributed by atoms with E-state index in [0.29, 0.717) is 28.3 Å². The first-order valence-electron chi connectivity index (χ1n) is 6.52. The Morgan fingerprint density at radius 3 is 2.09 bits per heavy atom. The van der Waals surface area contributed by atoms with Crippen LogP contribution >= 0.6 is 11.6 Å². The zero-order valence-electron chi connectivity index (χ0n) is 12.0. The van der Waals surface area contributed by atoms with Crippen LogP contribution in [0.2, 0.25) is 5.02 Å². The van der Waals surface area contributed by atoms with Crippen LogP contribution in [-0.2, 0) is 0 Å². The maximum Gasteiger partial charge on any atom is 0.248 e. The smallest absolute Gasteiger partial charge is 0.248 e.